The first-order valence-electron chi connectivity index (χ1n) is 8.52. The number of methoxy groups -OCH3 is 1. The second-order valence-electron chi connectivity index (χ2n) is 6.34. The molecule has 0 amide bonds. The van der Waals surface area contributed by atoms with Gasteiger partial charge in [-0.15, -0.1) is 6.42 Å². The molecule has 0 aromatic heterocycles. The van der Waals surface area contributed by atoms with Crippen molar-refractivity contribution in [3.63, 3.8) is 0 Å². The van der Waals surface area contributed by atoms with Gasteiger partial charge in [0.1, 0.15) is 11.5 Å². The van der Waals surface area contributed by atoms with Gasteiger partial charge in [0.25, 0.3) is 0 Å². The van der Waals surface area contributed by atoms with E-state index in [0.29, 0.717) is 22.6 Å². The summed E-state index contributed by atoms with van der Waals surface area (Å²) >= 11 is 0. The molecule has 0 spiro atoms. The molecule has 0 bridgehead atoms. The number of allylic oxidation sites excluding steroid dienone is 2. The summed E-state index contributed by atoms with van der Waals surface area (Å²) in [5.41, 5.74) is 1.49. The molecule has 0 saturated heterocycles. The Kier molecular flexibility index (Phi) is 7.83. The lowest BCUT2D eigenvalue weighted by Gasteiger charge is -2.23. The van der Waals surface area contributed by atoms with Gasteiger partial charge in [0.2, 0.25) is 0 Å². The van der Waals surface area contributed by atoms with E-state index < -0.39 is 5.60 Å². The van der Waals surface area contributed by atoms with Crippen LogP contribution in [0.1, 0.15) is 51.2 Å². The van der Waals surface area contributed by atoms with Crippen molar-refractivity contribution in [2.24, 2.45) is 0 Å². The Balaban J connectivity index is 3.45. The van der Waals surface area contributed by atoms with Crippen molar-refractivity contribution in [1.82, 2.24) is 0 Å². The van der Waals surface area contributed by atoms with E-state index in [-0.39, 0.29) is 0 Å². The first kappa shape index (κ1) is 20.4. The quantitative estimate of drug-likeness (QED) is 0.265. The topological polar surface area (TPSA) is 42.2 Å². The molecule has 1 aromatic rings. The van der Waals surface area contributed by atoms with E-state index in [1.165, 1.54) is 12.5 Å². The first-order valence-corrected chi connectivity index (χ1v) is 8.52. The molecule has 0 N–H and O–H groups in total. The molecular formula is C22H27NO2. The van der Waals surface area contributed by atoms with E-state index in [2.05, 4.69) is 25.5 Å². The highest BCUT2D eigenvalue weighted by molar-refractivity contribution is 5.71. The summed E-state index contributed by atoms with van der Waals surface area (Å²) in [5, 5.41) is 9.21. The number of ether oxygens (including phenoxy) is 2. The molecule has 1 rings (SSSR count). The Morgan fingerprint density at radius 2 is 2.00 bits per heavy atom. The molecule has 1 aromatic carbocycles. The molecule has 3 nitrogen and oxygen atoms in total. The molecule has 0 aliphatic rings. The van der Waals surface area contributed by atoms with Crippen LogP contribution < -0.4 is 9.47 Å². The highest BCUT2D eigenvalue weighted by Crippen LogP contribution is 2.35. The smallest absolute Gasteiger partial charge is 0.163 e. The van der Waals surface area contributed by atoms with Crippen LogP contribution in [0.4, 0.5) is 0 Å². The van der Waals surface area contributed by atoms with E-state index in [1.807, 2.05) is 26.0 Å². The number of hydrogen-bond donors (Lipinski definition) is 0. The predicted octanol–water partition coefficient (Wildman–Crippen LogP) is 5.31. The lowest BCUT2D eigenvalue weighted by Crippen LogP contribution is -2.26. The average molecular weight is 337 g/mol. The fourth-order valence-corrected chi connectivity index (χ4v) is 2.37. The zero-order valence-electron chi connectivity index (χ0n) is 15.7. The molecule has 0 fully saturated rings. The van der Waals surface area contributed by atoms with Gasteiger partial charge in [-0.05, 0) is 50.5 Å². The number of terminal acetylenes is 1. The lowest BCUT2D eigenvalue weighted by molar-refractivity contribution is 0.171. The van der Waals surface area contributed by atoms with Crippen LogP contribution in [-0.2, 0) is 6.42 Å². The number of unbranched alkanes of at least 4 members (excludes halogenated alkanes) is 2. The maximum absolute atomic E-state index is 9.21. The Morgan fingerprint density at radius 3 is 2.52 bits per heavy atom. The molecule has 0 heterocycles. The van der Waals surface area contributed by atoms with Crippen molar-refractivity contribution < 1.29 is 9.47 Å². The number of nitrogens with zero attached hydrogens (tertiary/aromatic N) is 1. The van der Waals surface area contributed by atoms with Gasteiger partial charge < -0.3 is 9.47 Å². The standard InChI is InChI=1S/C22H27NO2/c1-7-10-11-12-18-14-20(24-6)19(13-17(8-2)16-23)21(15-18)25-22(4,5)9-3/h3,8,13-15H,2,7,10-12H2,1,4-6H3. The van der Waals surface area contributed by atoms with Crippen LogP contribution in [0.15, 0.2) is 30.4 Å². The van der Waals surface area contributed by atoms with Gasteiger partial charge in [0.15, 0.2) is 5.60 Å². The SMILES string of the molecule is C#CC(C)(C)Oc1cc(CCCCC)cc(OC)c1C=C(C#N)C=C. The monoisotopic (exact) mass is 337 g/mol. The zero-order chi connectivity index (χ0) is 18.9. The van der Waals surface area contributed by atoms with Crippen molar-refractivity contribution in [3.05, 3.63) is 41.5 Å². The summed E-state index contributed by atoms with van der Waals surface area (Å²) < 4.78 is 11.6. The number of hydrogen-bond acceptors (Lipinski definition) is 3. The molecule has 0 aliphatic carbocycles. The highest BCUT2D eigenvalue weighted by atomic mass is 16.5. The molecule has 25 heavy (non-hydrogen) atoms. The Hall–Kier alpha value is -2.65. The molecule has 0 saturated carbocycles. The van der Waals surface area contributed by atoms with Gasteiger partial charge in [0.05, 0.1) is 24.3 Å². The summed E-state index contributed by atoms with van der Waals surface area (Å²) in [4.78, 5) is 0. The maximum Gasteiger partial charge on any atom is 0.163 e. The fourth-order valence-electron chi connectivity index (χ4n) is 2.37. The van der Waals surface area contributed by atoms with Crippen LogP contribution in [0.5, 0.6) is 11.5 Å². The second kappa shape index (κ2) is 9.60. The molecule has 132 valence electrons. The van der Waals surface area contributed by atoms with Crippen LogP contribution in [0.3, 0.4) is 0 Å². The van der Waals surface area contributed by atoms with Crippen molar-refractivity contribution >= 4 is 6.08 Å². The van der Waals surface area contributed by atoms with Crippen molar-refractivity contribution in [1.29, 1.82) is 5.26 Å². The van der Waals surface area contributed by atoms with E-state index >= 15 is 0 Å². The van der Waals surface area contributed by atoms with Crippen LogP contribution in [0.25, 0.3) is 6.08 Å². The van der Waals surface area contributed by atoms with Crippen LogP contribution >= 0.6 is 0 Å². The minimum absolute atomic E-state index is 0.431. The summed E-state index contributed by atoms with van der Waals surface area (Å²) in [6.45, 7) is 9.50. The third-order valence-electron chi connectivity index (χ3n) is 3.81. The first-order chi connectivity index (χ1) is 11.9. The Labute approximate surface area is 152 Å². The lowest BCUT2D eigenvalue weighted by atomic mass is 10.0. The molecule has 3 heteroatoms. The van der Waals surface area contributed by atoms with E-state index in [9.17, 15) is 5.26 Å². The third kappa shape index (κ3) is 6.05. The largest absolute Gasteiger partial charge is 0.496 e. The van der Waals surface area contributed by atoms with E-state index in [1.54, 1.807) is 13.2 Å². The predicted molar refractivity (Wildman–Crippen MR) is 104 cm³/mol. The fraction of sp³-hybridized carbons (Fsp3) is 0.409. The summed E-state index contributed by atoms with van der Waals surface area (Å²) in [5.74, 6) is 3.91. The van der Waals surface area contributed by atoms with Gasteiger partial charge >= 0.3 is 0 Å². The Bertz CT molecular complexity index is 715. The van der Waals surface area contributed by atoms with Gasteiger partial charge in [-0.2, -0.15) is 5.26 Å². The molecule has 0 radical (unpaired) electrons. The normalized spacial score (nSPS) is 11.4. The number of benzene rings is 1. The average Bonchev–Trinajstić information content (AvgIpc) is 2.60. The van der Waals surface area contributed by atoms with Crippen molar-refractivity contribution in [3.8, 4) is 29.9 Å². The zero-order valence-corrected chi connectivity index (χ0v) is 15.7. The minimum atomic E-state index is -0.767. The number of rotatable bonds is 9. The summed E-state index contributed by atoms with van der Waals surface area (Å²) in [6.07, 6.45) is 13.2. The number of nitriles is 1. The molecule has 0 unspecified atom stereocenters. The van der Waals surface area contributed by atoms with Gasteiger partial charge in [0, 0.05) is 0 Å². The van der Waals surface area contributed by atoms with Gasteiger partial charge in [-0.3, -0.25) is 0 Å². The van der Waals surface area contributed by atoms with Gasteiger partial charge in [-0.25, -0.2) is 0 Å². The van der Waals surface area contributed by atoms with E-state index in [4.69, 9.17) is 15.9 Å². The molecular weight excluding hydrogens is 310 g/mol. The van der Waals surface area contributed by atoms with Crippen molar-refractivity contribution in [2.45, 2.75) is 52.1 Å². The Morgan fingerprint density at radius 1 is 1.32 bits per heavy atom. The van der Waals surface area contributed by atoms with Crippen molar-refractivity contribution in [2.75, 3.05) is 7.11 Å². The highest BCUT2D eigenvalue weighted by Gasteiger charge is 2.20. The molecule has 0 aliphatic heterocycles. The van der Waals surface area contributed by atoms with Crippen LogP contribution in [-0.4, -0.2) is 12.7 Å². The summed E-state index contributed by atoms with van der Waals surface area (Å²) in [7, 11) is 1.61. The van der Waals surface area contributed by atoms with Crippen LogP contribution in [0, 0.1) is 23.7 Å². The van der Waals surface area contributed by atoms with Gasteiger partial charge in [-0.1, -0.05) is 38.3 Å². The van der Waals surface area contributed by atoms with E-state index in [0.717, 1.165) is 24.8 Å². The minimum Gasteiger partial charge on any atom is -0.496 e. The number of aryl methyl sites for hydroxylation is 1. The third-order valence-corrected chi connectivity index (χ3v) is 3.81. The van der Waals surface area contributed by atoms with Crippen LogP contribution in [0.2, 0.25) is 0 Å². The second-order valence-corrected chi connectivity index (χ2v) is 6.34. The summed E-state index contributed by atoms with van der Waals surface area (Å²) in [6, 6.07) is 6.09. The molecule has 0 atom stereocenters. The maximum atomic E-state index is 9.21.